The summed E-state index contributed by atoms with van der Waals surface area (Å²) in [4.78, 5) is 19.5. The molecule has 1 unspecified atom stereocenters. The van der Waals surface area contributed by atoms with Gasteiger partial charge in [-0.15, -0.1) is 11.3 Å². The second-order valence-electron chi connectivity index (χ2n) is 5.52. The Morgan fingerprint density at radius 2 is 2.17 bits per heavy atom. The Bertz CT molecular complexity index is 728. The highest BCUT2D eigenvalue weighted by molar-refractivity contribution is 8.00. The summed E-state index contributed by atoms with van der Waals surface area (Å²) in [5.41, 5.74) is 0.399. The van der Waals surface area contributed by atoms with E-state index in [1.165, 1.54) is 28.3 Å². The molecule has 0 aromatic carbocycles. The van der Waals surface area contributed by atoms with Gasteiger partial charge in [0, 0.05) is 24.2 Å². The average Bonchev–Trinajstić information content (AvgIpc) is 3.01. The van der Waals surface area contributed by atoms with Gasteiger partial charge in [0.2, 0.25) is 5.91 Å². The molecule has 0 spiro atoms. The van der Waals surface area contributed by atoms with Crippen LogP contribution in [0.25, 0.3) is 0 Å². The van der Waals surface area contributed by atoms with E-state index in [-0.39, 0.29) is 5.91 Å². The quantitative estimate of drug-likeness (QED) is 0.756. The Kier molecular flexibility index (Phi) is 4.87. The van der Waals surface area contributed by atoms with Gasteiger partial charge in [-0.1, -0.05) is 11.8 Å². The van der Waals surface area contributed by atoms with Crippen LogP contribution in [-0.2, 0) is 23.9 Å². The molecule has 0 saturated carbocycles. The lowest BCUT2D eigenvalue weighted by Crippen LogP contribution is -2.39. The first-order valence-corrected chi connectivity index (χ1v) is 9.14. The first kappa shape index (κ1) is 17.3. The predicted octanol–water partition coefficient (Wildman–Crippen LogP) is 4.23. The van der Waals surface area contributed by atoms with Gasteiger partial charge in [-0.05, 0) is 42.5 Å². The van der Waals surface area contributed by atoms with Gasteiger partial charge in [-0.2, -0.15) is 13.2 Å². The average molecular weight is 372 g/mol. The summed E-state index contributed by atoms with van der Waals surface area (Å²) in [6, 6.07) is 4.34. The molecular formula is C16H15F3N2OS2. The largest absolute Gasteiger partial charge is 0.417 e. The van der Waals surface area contributed by atoms with Crippen LogP contribution in [0.4, 0.5) is 13.2 Å². The number of amides is 1. The lowest BCUT2D eigenvalue weighted by molar-refractivity contribution is -0.138. The third kappa shape index (κ3) is 3.75. The fourth-order valence-corrected chi connectivity index (χ4v) is 4.30. The normalized spacial score (nSPS) is 15.9. The Labute approximate surface area is 145 Å². The van der Waals surface area contributed by atoms with Crippen LogP contribution in [0, 0.1) is 0 Å². The van der Waals surface area contributed by atoms with Gasteiger partial charge < -0.3 is 4.90 Å². The summed E-state index contributed by atoms with van der Waals surface area (Å²) >= 11 is 2.89. The van der Waals surface area contributed by atoms with Gasteiger partial charge in [0.05, 0.1) is 15.8 Å². The van der Waals surface area contributed by atoms with Gasteiger partial charge in [-0.3, -0.25) is 4.79 Å². The van der Waals surface area contributed by atoms with E-state index < -0.39 is 17.0 Å². The van der Waals surface area contributed by atoms with Crippen molar-refractivity contribution in [2.75, 3.05) is 6.54 Å². The number of halogens is 3. The van der Waals surface area contributed by atoms with Crippen molar-refractivity contribution in [2.24, 2.45) is 0 Å². The third-order valence-electron chi connectivity index (χ3n) is 3.83. The molecule has 0 fully saturated rings. The first-order chi connectivity index (χ1) is 11.3. The van der Waals surface area contributed by atoms with E-state index in [1.54, 1.807) is 23.2 Å². The van der Waals surface area contributed by atoms with Crippen molar-refractivity contribution in [1.82, 2.24) is 9.88 Å². The van der Waals surface area contributed by atoms with E-state index >= 15 is 0 Å². The maximum Gasteiger partial charge on any atom is 0.417 e. The van der Waals surface area contributed by atoms with Crippen LogP contribution >= 0.6 is 23.1 Å². The number of thioether (sulfide) groups is 1. The van der Waals surface area contributed by atoms with E-state index in [0.29, 0.717) is 18.1 Å². The van der Waals surface area contributed by atoms with Crippen LogP contribution < -0.4 is 0 Å². The fourth-order valence-electron chi connectivity index (χ4n) is 2.54. The van der Waals surface area contributed by atoms with Crippen LogP contribution in [0.3, 0.4) is 0 Å². The molecule has 24 heavy (non-hydrogen) atoms. The molecule has 1 aliphatic rings. The summed E-state index contributed by atoms with van der Waals surface area (Å²) in [5.74, 6) is -0.0152. The SMILES string of the molecule is CC(Sc1ccc(C(F)(F)F)cn1)C(=O)N1CCc2sccc2C1. The van der Waals surface area contributed by atoms with Crippen molar-refractivity contribution in [3.05, 3.63) is 45.8 Å². The van der Waals surface area contributed by atoms with Crippen molar-refractivity contribution < 1.29 is 18.0 Å². The minimum atomic E-state index is -4.40. The van der Waals surface area contributed by atoms with E-state index in [9.17, 15) is 18.0 Å². The highest BCUT2D eigenvalue weighted by Gasteiger charge is 2.31. The monoisotopic (exact) mass is 372 g/mol. The van der Waals surface area contributed by atoms with Crippen LogP contribution in [0.2, 0.25) is 0 Å². The van der Waals surface area contributed by atoms with Crippen molar-refractivity contribution in [3.63, 3.8) is 0 Å². The number of alkyl halides is 3. The molecule has 3 rings (SSSR count). The number of hydrogen-bond acceptors (Lipinski definition) is 4. The summed E-state index contributed by atoms with van der Waals surface area (Å²) < 4.78 is 37.6. The Balaban J connectivity index is 1.62. The molecule has 2 aromatic heterocycles. The molecule has 0 N–H and O–H groups in total. The van der Waals surface area contributed by atoms with Crippen molar-refractivity contribution in [3.8, 4) is 0 Å². The predicted molar refractivity (Wildman–Crippen MR) is 88.0 cm³/mol. The van der Waals surface area contributed by atoms with Gasteiger partial charge in [-0.25, -0.2) is 4.98 Å². The molecule has 0 bridgehead atoms. The Morgan fingerprint density at radius 3 is 2.83 bits per heavy atom. The Morgan fingerprint density at radius 1 is 1.38 bits per heavy atom. The highest BCUT2D eigenvalue weighted by atomic mass is 32.2. The zero-order chi connectivity index (χ0) is 17.3. The van der Waals surface area contributed by atoms with Gasteiger partial charge >= 0.3 is 6.18 Å². The molecule has 1 amide bonds. The van der Waals surface area contributed by atoms with Crippen molar-refractivity contribution in [1.29, 1.82) is 0 Å². The minimum Gasteiger partial charge on any atom is -0.337 e. The second kappa shape index (κ2) is 6.76. The molecule has 2 aromatic rings. The molecule has 3 heterocycles. The number of nitrogens with zero attached hydrogens (tertiary/aromatic N) is 2. The molecule has 1 atom stereocenters. The fraction of sp³-hybridized carbons (Fsp3) is 0.375. The summed E-state index contributed by atoms with van der Waals surface area (Å²) in [6.07, 6.45) is -2.74. The zero-order valence-corrected chi connectivity index (χ0v) is 14.5. The molecular weight excluding hydrogens is 357 g/mol. The summed E-state index contributed by atoms with van der Waals surface area (Å²) in [5, 5.41) is 2.05. The standard InChI is InChI=1S/C16H15F3N2OS2/c1-10(24-14-3-2-12(8-20-14)16(17,18)19)15(22)21-6-4-13-11(9-21)5-7-23-13/h2-3,5,7-8,10H,4,6,9H2,1H3. The third-order valence-corrected chi connectivity index (χ3v) is 5.89. The summed E-state index contributed by atoms with van der Waals surface area (Å²) in [7, 11) is 0. The van der Waals surface area contributed by atoms with E-state index in [1.807, 2.05) is 11.4 Å². The number of aromatic nitrogens is 1. The van der Waals surface area contributed by atoms with Crippen LogP contribution in [0.1, 0.15) is 22.9 Å². The van der Waals surface area contributed by atoms with E-state index in [2.05, 4.69) is 4.98 Å². The molecule has 8 heteroatoms. The number of carbonyl (C=O) groups is 1. The molecule has 1 aliphatic heterocycles. The highest BCUT2D eigenvalue weighted by Crippen LogP contribution is 2.31. The summed E-state index contributed by atoms with van der Waals surface area (Å²) in [6.45, 7) is 3.04. The molecule has 3 nitrogen and oxygen atoms in total. The number of carbonyl (C=O) groups excluding carboxylic acids is 1. The Hall–Kier alpha value is -1.54. The van der Waals surface area contributed by atoms with Crippen molar-refractivity contribution >= 4 is 29.0 Å². The number of rotatable bonds is 3. The number of hydrogen-bond donors (Lipinski definition) is 0. The van der Waals surface area contributed by atoms with Gasteiger partial charge in [0.15, 0.2) is 0 Å². The number of fused-ring (bicyclic) bond motifs is 1. The number of thiophene rings is 1. The second-order valence-corrected chi connectivity index (χ2v) is 7.88. The van der Waals surface area contributed by atoms with Crippen molar-refractivity contribution in [2.45, 2.75) is 36.3 Å². The van der Waals surface area contributed by atoms with E-state index in [0.717, 1.165) is 18.7 Å². The first-order valence-electron chi connectivity index (χ1n) is 7.38. The lowest BCUT2D eigenvalue weighted by Gasteiger charge is -2.29. The molecule has 0 radical (unpaired) electrons. The van der Waals surface area contributed by atoms with Gasteiger partial charge in [0.1, 0.15) is 0 Å². The molecule has 0 saturated heterocycles. The van der Waals surface area contributed by atoms with Crippen LogP contribution in [0.5, 0.6) is 0 Å². The molecule has 0 aliphatic carbocycles. The maximum atomic E-state index is 12.6. The van der Waals surface area contributed by atoms with Gasteiger partial charge in [0.25, 0.3) is 0 Å². The zero-order valence-electron chi connectivity index (χ0n) is 12.8. The number of pyridine rings is 1. The molecule has 128 valence electrons. The lowest BCUT2D eigenvalue weighted by atomic mass is 10.1. The topological polar surface area (TPSA) is 33.2 Å². The smallest absolute Gasteiger partial charge is 0.337 e. The minimum absolute atomic E-state index is 0.0152. The van der Waals surface area contributed by atoms with Crippen LogP contribution in [0.15, 0.2) is 34.8 Å². The maximum absolute atomic E-state index is 12.6. The van der Waals surface area contributed by atoms with E-state index in [4.69, 9.17) is 0 Å². The van der Waals surface area contributed by atoms with Crippen LogP contribution in [-0.4, -0.2) is 27.6 Å².